The van der Waals surface area contributed by atoms with E-state index in [1.165, 1.54) is 6.20 Å². The fraction of sp³-hybridized carbons (Fsp3) is 0.412. The van der Waals surface area contributed by atoms with E-state index in [1.807, 2.05) is 14.0 Å². The van der Waals surface area contributed by atoms with Gasteiger partial charge in [-0.3, -0.25) is 9.48 Å². The van der Waals surface area contributed by atoms with Gasteiger partial charge in [-0.25, -0.2) is 4.98 Å². The van der Waals surface area contributed by atoms with Crippen LogP contribution in [0.25, 0.3) is 0 Å². The Balaban J connectivity index is 1.58. The van der Waals surface area contributed by atoms with E-state index in [0.717, 1.165) is 17.8 Å². The van der Waals surface area contributed by atoms with Crippen LogP contribution in [0.5, 0.6) is 0 Å². The van der Waals surface area contributed by atoms with Crippen LogP contribution in [-0.2, 0) is 11.8 Å². The van der Waals surface area contributed by atoms with Crippen molar-refractivity contribution in [1.82, 2.24) is 19.7 Å². The smallest absolute Gasteiger partial charge is 0.229 e. The van der Waals surface area contributed by atoms with E-state index in [4.69, 9.17) is 17.3 Å². The first-order valence-electron chi connectivity index (χ1n) is 8.46. The first-order chi connectivity index (χ1) is 12.4. The Hall–Kier alpha value is -2.61. The zero-order valence-corrected chi connectivity index (χ0v) is 15.2. The second-order valence-corrected chi connectivity index (χ2v) is 7.24. The average molecular weight is 374 g/mol. The van der Waals surface area contributed by atoms with Gasteiger partial charge >= 0.3 is 0 Å². The number of primary amides is 1. The van der Waals surface area contributed by atoms with Crippen LogP contribution in [0, 0.1) is 24.7 Å². The molecule has 1 fully saturated rings. The molecule has 4 rings (SSSR count). The lowest BCUT2D eigenvalue weighted by Crippen LogP contribution is -2.41. The minimum atomic E-state index is -0.297. The normalized spacial score (nSPS) is 26.3. The molecule has 0 spiro atoms. The highest BCUT2D eigenvalue weighted by Gasteiger charge is 2.47. The number of halogens is 1. The number of carbonyl (C=O) groups excluding carboxylic acids is 1. The lowest BCUT2D eigenvalue weighted by Gasteiger charge is -2.27. The molecule has 136 valence electrons. The highest BCUT2D eigenvalue weighted by atomic mass is 35.5. The maximum absolute atomic E-state index is 11.9. The van der Waals surface area contributed by atoms with E-state index >= 15 is 0 Å². The number of rotatable bonds is 5. The summed E-state index contributed by atoms with van der Waals surface area (Å²) >= 11 is 6.28. The van der Waals surface area contributed by atoms with E-state index < -0.39 is 0 Å². The zero-order chi connectivity index (χ0) is 18.4. The minimum absolute atomic E-state index is 0.108. The predicted molar refractivity (Wildman–Crippen MR) is 99.1 cm³/mol. The Labute approximate surface area is 155 Å². The second kappa shape index (κ2) is 6.28. The van der Waals surface area contributed by atoms with Crippen LogP contribution >= 0.6 is 11.6 Å². The van der Waals surface area contributed by atoms with Crippen LogP contribution in [-0.4, -0.2) is 31.7 Å². The number of amides is 1. The lowest BCUT2D eigenvalue weighted by atomic mass is 9.88. The quantitative estimate of drug-likeness (QED) is 0.691. The van der Waals surface area contributed by atoms with Crippen molar-refractivity contribution in [3.8, 4) is 0 Å². The maximum atomic E-state index is 11.9. The summed E-state index contributed by atoms with van der Waals surface area (Å²) in [5, 5.41) is 11.1. The van der Waals surface area contributed by atoms with Gasteiger partial charge in [0.25, 0.3) is 0 Å². The van der Waals surface area contributed by atoms with Gasteiger partial charge in [-0.15, -0.1) is 0 Å². The molecule has 0 saturated heterocycles. The number of nitrogens with one attached hydrogen (secondary N) is 2. The Morgan fingerprint density at radius 1 is 1.35 bits per heavy atom. The molecule has 0 aliphatic heterocycles. The van der Waals surface area contributed by atoms with Crippen LogP contribution in [0.4, 0.5) is 17.5 Å². The third-order valence-corrected chi connectivity index (χ3v) is 5.59. The van der Waals surface area contributed by atoms with E-state index in [1.54, 1.807) is 10.9 Å². The van der Waals surface area contributed by atoms with Gasteiger partial charge in [-0.1, -0.05) is 23.8 Å². The van der Waals surface area contributed by atoms with Crippen molar-refractivity contribution in [2.75, 3.05) is 10.6 Å². The molecule has 2 aliphatic carbocycles. The molecule has 2 aromatic rings. The highest BCUT2D eigenvalue weighted by Crippen LogP contribution is 2.45. The van der Waals surface area contributed by atoms with E-state index in [2.05, 4.69) is 37.9 Å². The number of aromatic nitrogens is 4. The number of nitrogens with two attached hydrogens (primary N) is 1. The van der Waals surface area contributed by atoms with Crippen LogP contribution < -0.4 is 16.4 Å². The standard InChI is InChI=1S/C17H20ClN7O/c1-8-12(7-21-25(8)2)22-17-20-6-11(18)16(24-17)23-14-10-4-3-9(5-10)13(14)15(19)26/h3-4,6-7,9-10,13-14H,5H2,1-2H3,(H2,19,26)(H2,20,22,23,24)/t9-,10+,13+,14-/m1/s1. The van der Waals surface area contributed by atoms with Crippen molar-refractivity contribution in [2.45, 2.75) is 19.4 Å². The van der Waals surface area contributed by atoms with Crippen LogP contribution in [0.1, 0.15) is 12.1 Å². The first-order valence-corrected chi connectivity index (χ1v) is 8.84. The number of anilines is 3. The predicted octanol–water partition coefficient (Wildman–Crippen LogP) is 2.00. The Morgan fingerprint density at radius 3 is 2.81 bits per heavy atom. The van der Waals surface area contributed by atoms with Gasteiger partial charge in [0.2, 0.25) is 11.9 Å². The summed E-state index contributed by atoms with van der Waals surface area (Å²) in [7, 11) is 1.86. The van der Waals surface area contributed by atoms with E-state index in [9.17, 15) is 4.79 Å². The Morgan fingerprint density at radius 2 is 2.12 bits per heavy atom. The number of allylic oxidation sites excluding steroid dienone is 1. The summed E-state index contributed by atoms with van der Waals surface area (Å²) in [5.41, 5.74) is 7.40. The molecule has 9 heteroatoms. The number of aryl methyl sites for hydroxylation is 1. The summed E-state index contributed by atoms with van der Waals surface area (Å²) in [5.74, 6) is 0.777. The van der Waals surface area contributed by atoms with Gasteiger partial charge < -0.3 is 16.4 Å². The molecule has 0 unspecified atom stereocenters. The molecule has 4 atom stereocenters. The van der Waals surface area contributed by atoms with Gasteiger partial charge in [0.1, 0.15) is 5.02 Å². The molecule has 2 bridgehead atoms. The molecule has 26 heavy (non-hydrogen) atoms. The van der Waals surface area contributed by atoms with Crippen LogP contribution in [0.3, 0.4) is 0 Å². The summed E-state index contributed by atoms with van der Waals surface area (Å²) in [6, 6.07) is -0.108. The van der Waals surface area contributed by atoms with Gasteiger partial charge in [0.05, 0.1) is 29.7 Å². The van der Waals surface area contributed by atoms with Gasteiger partial charge in [-0.05, 0) is 25.2 Å². The molecule has 8 nitrogen and oxygen atoms in total. The topological polar surface area (TPSA) is 111 Å². The summed E-state index contributed by atoms with van der Waals surface area (Å²) in [6.45, 7) is 1.95. The van der Waals surface area contributed by atoms with E-state index in [-0.39, 0.29) is 29.7 Å². The van der Waals surface area contributed by atoms with Crippen molar-refractivity contribution < 1.29 is 4.79 Å². The highest BCUT2D eigenvalue weighted by molar-refractivity contribution is 6.32. The van der Waals surface area contributed by atoms with Crippen LogP contribution in [0.2, 0.25) is 5.02 Å². The molecule has 4 N–H and O–H groups in total. The minimum Gasteiger partial charge on any atom is -0.369 e. The largest absolute Gasteiger partial charge is 0.369 e. The number of hydrogen-bond acceptors (Lipinski definition) is 6. The zero-order valence-electron chi connectivity index (χ0n) is 14.5. The molecular formula is C17H20ClN7O. The van der Waals surface area contributed by atoms with Gasteiger partial charge in [0, 0.05) is 13.1 Å². The summed E-state index contributed by atoms with van der Waals surface area (Å²) < 4.78 is 1.76. The molecule has 0 aromatic carbocycles. The monoisotopic (exact) mass is 373 g/mol. The SMILES string of the molecule is Cc1c(Nc2ncc(Cl)c(N[C@H]3[C@@H](C(N)=O)[C@@H]4C=C[C@H]3C4)n2)cnn1C. The van der Waals surface area contributed by atoms with Crippen molar-refractivity contribution in [3.63, 3.8) is 0 Å². The van der Waals surface area contributed by atoms with Crippen LogP contribution in [0.15, 0.2) is 24.5 Å². The number of hydrogen-bond donors (Lipinski definition) is 3. The second-order valence-electron chi connectivity index (χ2n) is 6.83. The average Bonchev–Trinajstić information content (AvgIpc) is 3.29. The van der Waals surface area contributed by atoms with Gasteiger partial charge in [0.15, 0.2) is 5.82 Å². The first kappa shape index (κ1) is 16.8. The third-order valence-electron chi connectivity index (χ3n) is 5.32. The molecule has 1 saturated carbocycles. The fourth-order valence-electron chi connectivity index (χ4n) is 3.84. The third kappa shape index (κ3) is 2.80. The van der Waals surface area contributed by atoms with Crippen molar-refractivity contribution in [1.29, 1.82) is 0 Å². The number of carbonyl (C=O) groups is 1. The summed E-state index contributed by atoms with van der Waals surface area (Å²) in [6.07, 6.45) is 8.39. The fourth-order valence-corrected chi connectivity index (χ4v) is 3.98. The maximum Gasteiger partial charge on any atom is 0.229 e. The summed E-state index contributed by atoms with van der Waals surface area (Å²) in [4.78, 5) is 20.6. The van der Waals surface area contributed by atoms with E-state index in [0.29, 0.717) is 16.8 Å². The number of nitrogens with zero attached hydrogens (tertiary/aromatic N) is 4. The van der Waals surface area contributed by atoms with Crippen molar-refractivity contribution in [2.24, 2.45) is 30.5 Å². The molecule has 0 radical (unpaired) electrons. The molecule has 1 amide bonds. The molecule has 2 heterocycles. The Kier molecular flexibility index (Phi) is 4.07. The molecule has 2 aliphatic rings. The molecule has 2 aromatic heterocycles. The molecular weight excluding hydrogens is 354 g/mol. The van der Waals surface area contributed by atoms with Crippen molar-refractivity contribution in [3.05, 3.63) is 35.3 Å². The number of fused-ring (bicyclic) bond motifs is 2. The van der Waals surface area contributed by atoms with Gasteiger partial charge in [-0.2, -0.15) is 10.1 Å². The Bertz CT molecular complexity index is 893. The lowest BCUT2D eigenvalue weighted by molar-refractivity contribution is -0.122. The van der Waals surface area contributed by atoms with Crippen molar-refractivity contribution >= 4 is 35.0 Å².